The van der Waals surface area contributed by atoms with Crippen LogP contribution in [0.2, 0.25) is 5.02 Å². The maximum atomic E-state index is 12.9. The molecule has 2 aromatic heterocycles. The summed E-state index contributed by atoms with van der Waals surface area (Å²) in [5.74, 6) is -0.0747. The zero-order valence-corrected chi connectivity index (χ0v) is 18.7. The lowest BCUT2D eigenvalue weighted by Gasteiger charge is -2.31. The van der Waals surface area contributed by atoms with Crippen LogP contribution >= 0.6 is 22.9 Å². The second-order valence-corrected chi connectivity index (χ2v) is 9.63. The maximum Gasteiger partial charge on any atom is 0.278 e. The molecule has 3 aromatic rings. The van der Waals surface area contributed by atoms with Crippen LogP contribution in [-0.2, 0) is 24.2 Å². The van der Waals surface area contributed by atoms with Crippen molar-refractivity contribution < 1.29 is 4.79 Å². The fraction of sp³-hybridized carbons (Fsp3) is 0.455. The van der Waals surface area contributed by atoms with Crippen LogP contribution in [-0.4, -0.2) is 33.6 Å². The molecule has 3 heterocycles. The van der Waals surface area contributed by atoms with Crippen molar-refractivity contribution in [2.45, 2.75) is 45.1 Å². The molecule has 2 aliphatic rings. The monoisotopic (exact) mass is 457 g/mol. The Hall–Kier alpha value is -2.45. The van der Waals surface area contributed by atoms with Crippen LogP contribution in [0.4, 0.5) is 5.13 Å². The summed E-state index contributed by atoms with van der Waals surface area (Å²) in [7, 11) is 0. The third-order valence-electron chi connectivity index (χ3n) is 6.09. The Labute approximate surface area is 189 Å². The summed E-state index contributed by atoms with van der Waals surface area (Å²) in [5, 5.41) is 9.04. The second-order valence-electron chi connectivity index (χ2n) is 8.26. The predicted molar refractivity (Wildman–Crippen MR) is 122 cm³/mol. The molecule has 1 amide bonds. The summed E-state index contributed by atoms with van der Waals surface area (Å²) >= 11 is 7.46. The number of carbonyl (C=O) groups is 1. The fourth-order valence-electron chi connectivity index (χ4n) is 4.44. The van der Waals surface area contributed by atoms with Gasteiger partial charge in [0.2, 0.25) is 16.0 Å². The van der Waals surface area contributed by atoms with Crippen LogP contribution in [0.15, 0.2) is 29.1 Å². The topological polar surface area (TPSA) is 79.6 Å². The molecule has 1 saturated heterocycles. The van der Waals surface area contributed by atoms with Gasteiger partial charge in [-0.2, -0.15) is 4.52 Å². The Bertz CT molecular complexity index is 1190. The summed E-state index contributed by atoms with van der Waals surface area (Å²) in [4.78, 5) is 33.1. The van der Waals surface area contributed by atoms with E-state index in [0.717, 1.165) is 67.0 Å². The number of benzene rings is 1. The third kappa shape index (κ3) is 4.19. The Morgan fingerprint density at radius 1 is 1.26 bits per heavy atom. The van der Waals surface area contributed by atoms with Crippen LogP contribution in [0.1, 0.15) is 42.5 Å². The number of amides is 1. The number of halogens is 1. The Morgan fingerprint density at radius 2 is 2.13 bits per heavy atom. The van der Waals surface area contributed by atoms with E-state index in [-0.39, 0.29) is 17.4 Å². The van der Waals surface area contributed by atoms with Crippen molar-refractivity contribution in [3.8, 4) is 0 Å². The summed E-state index contributed by atoms with van der Waals surface area (Å²) in [5.41, 5.74) is 2.70. The smallest absolute Gasteiger partial charge is 0.278 e. The number of nitrogens with zero attached hydrogens (tertiary/aromatic N) is 4. The van der Waals surface area contributed by atoms with Gasteiger partial charge in [0.25, 0.3) is 5.56 Å². The first-order valence-electron chi connectivity index (χ1n) is 10.8. The minimum absolute atomic E-state index is 0.0324. The van der Waals surface area contributed by atoms with E-state index in [9.17, 15) is 9.59 Å². The standard InChI is InChI=1S/C22H24ClN5O2S/c23-16-7-3-5-14(11-16)12-24-19(29)15-6-4-10-27(13-15)22-26-28-20(30)17-8-1-2-9-18(17)25-21(28)31-22/h3,5,7,11,15H,1-2,4,6,8-10,12-13H2,(H,24,29). The van der Waals surface area contributed by atoms with Crippen LogP contribution in [0.5, 0.6) is 0 Å². The maximum absolute atomic E-state index is 12.9. The number of hydrogen-bond acceptors (Lipinski definition) is 6. The van der Waals surface area contributed by atoms with E-state index in [2.05, 4.69) is 15.3 Å². The van der Waals surface area contributed by atoms with E-state index in [1.807, 2.05) is 24.3 Å². The predicted octanol–water partition coefficient (Wildman–Crippen LogP) is 3.22. The van der Waals surface area contributed by atoms with E-state index in [4.69, 9.17) is 16.6 Å². The van der Waals surface area contributed by atoms with Gasteiger partial charge in [-0.05, 0) is 56.2 Å². The largest absolute Gasteiger partial charge is 0.352 e. The summed E-state index contributed by atoms with van der Waals surface area (Å²) < 4.78 is 1.45. The lowest BCUT2D eigenvalue weighted by atomic mass is 9.97. The molecule has 1 fully saturated rings. The van der Waals surface area contributed by atoms with E-state index in [1.54, 1.807) is 0 Å². The number of nitrogens with one attached hydrogen (secondary N) is 1. The van der Waals surface area contributed by atoms with Crippen molar-refractivity contribution in [2.75, 3.05) is 18.0 Å². The highest BCUT2D eigenvalue weighted by Crippen LogP contribution is 2.28. The minimum Gasteiger partial charge on any atom is -0.352 e. The molecule has 7 nitrogen and oxygen atoms in total. The number of hydrogen-bond donors (Lipinski definition) is 1. The molecule has 162 valence electrons. The normalized spacial score (nSPS) is 18.7. The van der Waals surface area contributed by atoms with Gasteiger partial charge >= 0.3 is 0 Å². The molecule has 31 heavy (non-hydrogen) atoms. The number of anilines is 1. The summed E-state index contributed by atoms with van der Waals surface area (Å²) in [6.07, 6.45) is 5.52. The summed E-state index contributed by atoms with van der Waals surface area (Å²) in [6, 6.07) is 7.51. The highest BCUT2D eigenvalue weighted by molar-refractivity contribution is 7.20. The minimum atomic E-state index is -0.113. The first kappa shape index (κ1) is 20.5. The molecule has 1 aliphatic carbocycles. The molecule has 0 saturated carbocycles. The Morgan fingerprint density at radius 3 is 3.00 bits per heavy atom. The molecule has 1 atom stereocenters. The second kappa shape index (κ2) is 8.59. The van der Waals surface area contributed by atoms with E-state index in [0.29, 0.717) is 23.1 Å². The average molecular weight is 458 g/mol. The zero-order valence-electron chi connectivity index (χ0n) is 17.1. The first-order valence-corrected chi connectivity index (χ1v) is 12.0. The molecular weight excluding hydrogens is 434 g/mol. The highest BCUT2D eigenvalue weighted by Gasteiger charge is 2.28. The number of fused-ring (bicyclic) bond motifs is 2. The molecule has 5 rings (SSSR count). The number of carbonyl (C=O) groups excluding carboxylic acids is 1. The molecule has 1 aliphatic heterocycles. The zero-order chi connectivity index (χ0) is 21.4. The molecular formula is C22H24ClN5O2S. The summed E-state index contributed by atoms with van der Waals surface area (Å²) in [6.45, 7) is 1.88. The van der Waals surface area contributed by atoms with Crippen molar-refractivity contribution >= 4 is 38.9 Å². The first-order chi connectivity index (χ1) is 15.1. The SMILES string of the molecule is O=C(NCc1cccc(Cl)c1)C1CCCN(c2nn3c(=O)c4c(nc3s2)CCCC4)C1. The van der Waals surface area contributed by atoms with Gasteiger partial charge in [-0.25, -0.2) is 4.98 Å². The molecule has 0 radical (unpaired) electrons. The van der Waals surface area contributed by atoms with Gasteiger partial charge in [0.05, 0.1) is 11.6 Å². The van der Waals surface area contributed by atoms with Crippen LogP contribution in [0.25, 0.3) is 4.96 Å². The van der Waals surface area contributed by atoms with E-state index in [1.165, 1.54) is 15.9 Å². The van der Waals surface area contributed by atoms with Gasteiger partial charge in [0.1, 0.15) is 0 Å². The van der Waals surface area contributed by atoms with Crippen molar-refractivity contribution in [3.63, 3.8) is 0 Å². The van der Waals surface area contributed by atoms with Crippen molar-refractivity contribution in [1.29, 1.82) is 0 Å². The van der Waals surface area contributed by atoms with E-state index >= 15 is 0 Å². The van der Waals surface area contributed by atoms with Crippen molar-refractivity contribution in [3.05, 3.63) is 56.5 Å². The molecule has 1 aromatic carbocycles. The number of aromatic nitrogens is 3. The molecule has 9 heteroatoms. The average Bonchev–Trinajstić information content (AvgIpc) is 3.22. The van der Waals surface area contributed by atoms with E-state index < -0.39 is 0 Å². The Kier molecular flexibility index (Phi) is 5.67. The number of rotatable bonds is 4. The van der Waals surface area contributed by atoms with Gasteiger partial charge in [-0.15, -0.1) is 5.10 Å². The van der Waals surface area contributed by atoms with Crippen molar-refractivity contribution in [2.24, 2.45) is 5.92 Å². The van der Waals surface area contributed by atoms with Gasteiger partial charge in [-0.1, -0.05) is 35.1 Å². The molecule has 1 unspecified atom stereocenters. The van der Waals surface area contributed by atoms with Gasteiger partial charge in [0, 0.05) is 30.2 Å². The molecule has 1 N–H and O–H groups in total. The van der Waals surface area contributed by atoms with Crippen LogP contribution in [0, 0.1) is 5.92 Å². The quantitative estimate of drug-likeness (QED) is 0.650. The highest BCUT2D eigenvalue weighted by atomic mass is 35.5. The van der Waals surface area contributed by atoms with Crippen LogP contribution < -0.4 is 15.8 Å². The van der Waals surface area contributed by atoms with Crippen LogP contribution in [0.3, 0.4) is 0 Å². The van der Waals surface area contributed by atoms with Crippen molar-refractivity contribution in [1.82, 2.24) is 19.9 Å². The lowest BCUT2D eigenvalue weighted by Crippen LogP contribution is -2.43. The van der Waals surface area contributed by atoms with Gasteiger partial charge < -0.3 is 10.2 Å². The lowest BCUT2D eigenvalue weighted by molar-refractivity contribution is -0.125. The number of aryl methyl sites for hydroxylation is 1. The van der Waals surface area contributed by atoms with Gasteiger partial charge in [-0.3, -0.25) is 9.59 Å². The fourth-order valence-corrected chi connectivity index (χ4v) is 5.60. The Balaban J connectivity index is 1.31. The molecule has 0 spiro atoms. The van der Waals surface area contributed by atoms with Gasteiger partial charge in [0.15, 0.2) is 0 Å². The number of piperidine rings is 1. The third-order valence-corrected chi connectivity index (χ3v) is 7.29. The molecule has 0 bridgehead atoms.